The summed E-state index contributed by atoms with van der Waals surface area (Å²) in [6.45, 7) is 0.902. The Bertz CT molecular complexity index is 428. The number of carbonyl (C=O) groups is 1. The predicted octanol–water partition coefficient (Wildman–Crippen LogP) is 1.79. The van der Waals surface area contributed by atoms with Gasteiger partial charge in [-0.25, -0.2) is 4.98 Å². The average molecular weight is 246 g/mol. The molecule has 0 radical (unpaired) electrons. The molecule has 2 saturated heterocycles. The van der Waals surface area contributed by atoms with Crippen molar-refractivity contribution >= 4 is 5.78 Å². The Hall–Kier alpha value is -1.42. The highest BCUT2D eigenvalue weighted by molar-refractivity contribution is 5.80. The number of hydrogen-bond donors (Lipinski definition) is 0. The van der Waals surface area contributed by atoms with Crippen LogP contribution in [0.3, 0.4) is 0 Å². The van der Waals surface area contributed by atoms with E-state index in [0.717, 1.165) is 19.4 Å². The normalized spacial score (nSPS) is 27.5. The van der Waals surface area contributed by atoms with Gasteiger partial charge in [-0.05, 0) is 18.4 Å². The number of rotatable bonds is 3. The van der Waals surface area contributed by atoms with Crippen LogP contribution in [0, 0.1) is 0 Å². The number of carbonyl (C=O) groups excluding carboxylic acids is 1. The van der Waals surface area contributed by atoms with E-state index in [1.54, 1.807) is 7.11 Å². The molecule has 2 atom stereocenters. The molecule has 2 fully saturated rings. The molecule has 0 aromatic carbocycles. The molecule has 96 valence electrons. The molecule has 0 saturated carbocycles. The number of hydrogen-bond acceptors (Lipinski definition) is 4. The van der Waals surface area contributed by atoms with Crippen LogP contribution in [0.4, 0.5) is 0 Å². The molecule has 0 aliphatic carbocycles. The number of ether oxygens (including phenoxy) is 1. The van der Waals surface area contributed by atoms with Gasteiger partial charge in [0.15, 0.2) is 0 Å². The van der Waals surface area contributed by atoms with Crippen LogP contribution in [-0.4, -0.2) is 34.9 Å². The van der Waals surface area contributed by atoms with E-state index in [1.807, 2.05) is 12.3 Å². The molecule has 2 bridgehead atoms. The Morgan fingerprint density at radius 1 is 1.33 bits per heavy atom. The van der Waals surface area contributed by atoms with Crippen molar-refractivity contribution in [1.82, 2.24) is 9.88 Å². The largest absolute Gasteiger partial charge is 0.481 e. The Morgan fingerprint density at radius 2 is 2.06 bits per heavy atom. The molecule has 3 heterocycles. The van der Waals surface area contributed by atoms with Crippen LogP contribution in [0.25, 0.3) is 0 Å². The molecule has 0 N–H and O–H groups in total. The highest BCUT2D eigenvalue weighted by atomic mass is 16.5. The SMILES string of the molecule is COc1ccc(CN2C3CCC2CC(=O)C3)cn1. The number of fused-ring (bicyclic) bond motifs is 2. The second kappa shape index (κ2) is 4.69. The number of aromatic nitrogens is 1. The zero-order valence-corrected chi connectivity index (χ0v) is 10.6. The standard InChI is InChI=1S/C14H18N2O2/c1-18-14-5-2-10(8-15-14)9-16-11-3-4-12(16)7-13(17)6-11/h2,5,8,11-12H,3-4,6-7,9H2,1H3. The van der Waals surface area contributed by atoms with Crippen molar-refractivity contribution in [3.63, 3.8) is 0 Å². The lowest BCUT2D eigenvalue weighted by Crippen LogP contribution is -2.42. The molecule has 4 nitrogen and oxygen atoms in total. The zero-order chi connectivity index (χ0) is 12.5. The summed E-state index contributed by atoms with van der Waals surface area (Å²) in [5.74, 6) is 1.09. The van der Waals surface area contributed by atoms with Crippen LogP contribution in [0.5, 0.6) is 5.88 Å². The number of ketones is 1. The first-order valence-electron chi connectivity index (χ1n) is 6.52. The van der Waals surface area contributed by atoms with Gasteiger partial charge < -0.3 is 4.74 Å². The minimum atomic E-state index is 0.437. The zero-order valence-electron chi connectivity index (χ0n) is 10.6. The molecule has 2 aliphatic heterocycles. The summed E-state index contributed by atoms with van der Waals surface area (Å²) in [6, 6.07) is 4.87. The molecule has 0 spiro atoms. The van der Waals surface area contributed by atoms with Crippen molar-refractivity contribution in [3.05, 3.63) is 23.9 Å². The van der Waals surface area contributed by atoms with Crippen molar-refractivity contribution in [1.29, 1.82) is 0 Å². The van der Waals surface area contributed by atoms with Crippen molar-refractivity contribution in [2.75, 3.05) is 7.11 Å². The summed E-state index contributed by atoms with van der Waals surface area (Å²) < 4.78 is 5.06. The van der Waals surface area contributed by atoms with Gasteiger partial charge in [0.2, 0.25) is 5.88 Å². The van der Waals surface area contributed by atoms with E-state index in [9.17, 15) is 4.79 Å². The van der Waals surface area contributed by atoms with Crippen LogP contribution < -0.4 is 4.74 Å². The molecule has 18 heavy (non-hydrogen) atoms. The van der Waals surface area contributed by atoms with Crippen LogP contribution in [0.2, 0.25) is 0 Å². The smallest absolute Gasteiger partial charge is 0.212 e. The number of methoxy groups -OCH3 is 1. The monoisotopic (exact) mass is 246 g/mol. The van der Waals surface area contributed by atoms with Crippen molar-refractivity contribution in [2.24, 2.45) is 0 Å². The predicted molar refractivity (Wildman–Crippen MR) is 67.4 cm³/mol. The third-order valence-corrected chi connectivity index (χ3v) is 4.07. The van der Waals surface area contributed by atoms with E-state index >= 15 is 0 Å². The number of nitrogens with zero attached hydrogens (tertiary/aromatic N) is 2. The fourth-order valence-corrected chi connectivity index (χ4v) is 3.16. The Morgan fingerprint density at radius 3 is 2.61 bits per heavy atom. The Kier molecular flexibility index (Phi) is 3.04. The minimum Gasteiger partial charge on any atom is -0.481 e. The van der Waals surface area contributed by atoms with Crippen LogP contribution in [0.15, 0.2) is 18.3 Å². The maximum atomic E-state index is 11.5. The first-order chi connectivity index (χ1) is 8.76. The van der Waals surface area contributed by atoms with Gasteiger partial charge in [0.1, 0.15) is 5.78 Å². The van der Waals surface area contributed by atoms with Gasteiger partial charge >= 0.3 is 0 Å². The van der Waals surface area contributed by atoms with Gasteiger partial charge in [-0.1, -0.05) is 6.07 Å². The summed E-state index contributed by atoms with van der Waals surface area (Å²) in [5.41, 5.74) is 1.20. The minimum absolute atomic E-state index is 0.437. The van der Waals surface area contributed by atoms with Gasteiger partial charge in [0.05, 0.1) is 7.11 Å². The third kappa shape index (κ3) is 2.12. The lowest BCUT2D eigenvalue weighted by atomic mass is 10.0. The van der Waals surface area contributed by atoms with E-state index < -0.39 is 0 Å². The molecule has 2 aliphatic rings. The van der Waals surface area contributed by atoms with Crippen molar-refractivity contribution < 1.29 is 9.53 Å². The number of Topliss-reactive ketones (excluding diaryl/α,β-unsaturated/α-hetero) is 1. The molecule has 4 heteroatoms. The summed E-state index contributed by atoms with van der Waals surface area (Å²) in [4.78, 5) is 18.3. The summed E-state index contributed by atoms with van der Waals surface area (Å²) >= 11 is 0. The van der Waals surface area contributed by atoms with E-state index in [1.165, 1.54) is 18.4 Å². The van der Waals surface area contributed by atoms with Gasteiger partial charge in [0, 0.05) is 43.7 Å². The molecule has 1 aromatic heterocycles. The maximum Gasteiger partial charge on any atom is 0.212 e. The van der Waals surface area contributed by atoms with Crippen molar-refractivity contribution in [2.45, 2.75) is 44.3 Å². The third-order valence-electron chi connectivity index (χ3n) is 4.07. The van der Waals surface area contributed by atoms with Crippen molar-refractivity contribution in [3.8, 4) is 5.88 Å². The average Bonchev–Trinajstić information content (AvgIpc) is 2.62. The first-order valence-corrected chi connectivity index (χ1v) is 6.52. The lowest BCUT2D eigenvalue weighted by molar-refractivity contribution is -0.123. The molecular formula is C14H18N2O2. The number of pyridine rings is 1. The van der Waals surface area contributed by atoms with E-state index in [0.29, 0.717) is 23.7 Å². The van der Waals surface area contributed by atoms with E-state index in [2.05, 4.69) is 16.0 Å². The van der Waals surface area contributed by atoms with E-state index in [-0.39, 0.29) is 0 Å². The van der Waals surface area contributed by atoms with E-state index in [4.69, 9.17) is 4.74 Å². The summed E-state index contributed by atoms with van der Waals surface area (Å²) in [6.07, 6.45) is 5.68. The fraction of sp³-hybridized carbons (Fsp3) is 0.571. The highest BCUT2D eigenvalue weighted by Crippen LogP contribution is 2.35. The molecule has 1 aromatic rings. The Balaban J connectivity index is 1.71. The summed E-state index contributed by atoms with van der Waals surface area (Å²) in [5, 5.41) is 0. The van der Waals surface area contributed by atoms with Gasteiger partial charge in [-0.15, -0.1) is 0 Å². The maximum absolute atomic E-state index is 11.5. The Labute approximate surface area is 107 Å². The molecule has 2 unspecified atom stereocenters. The summed E-state index contributed by atoms with van der Waals surface area (Å²) in [7, 11) is 1.62. The quantitative estimate of drug-likeness (QED) is 0.815. The second-order valence-electron chi connectivity index (χ2n) is 5.21. The van der Waals surface area contributed by atoms with Gasteiger partial charge in [-0.3, -0.25) is 9.69 Å². The lowest BCUT2D eigenvalue weighted by Gasteiger charge is -2.33. The topological polar surface area (TPSA) is 42.4 Å². The fourth-order valence-electron chi connectivity index (χ4n) is 3.16. The first kappa shape index (κ1) is 11.7. The van der Waals surface area contributed by atoms with Gasteiger partial charge in [0.25, 0.3) is 0 Å². The molecule has 0 amide bonds. The van der Waals surface area contributed by atoms with Crippen LogP contribution in [0.1, 0.15) is 31.2 Å². The van der Waals surface area contributed by atoms with Crippen LogP contribution in [-0.2, 0) is 11.3 Å². The highest BCUT2D eigenvalue weighted by Gasteiger charge is 2.39. The van der Waals surface area contributed by atoms with Gasteiger partial charge in [-0.2, -0.15) is 0 Å². The second-order valence-corrected chi connectivity index (χ2v) is 5.21. The molecule has 3 rings (SSSR count). The molecular weight excluding hydrogens is 228 g/mol. The van der Waals surface area contributed by atoms with Crippen LogP contribution >= 0.6 is 0 Å². The number of piperidine rings is 1.